The summed E-state index contributed by atoms with van der Waals surface area (Å²) >= 11 is 0. The van der Waals surface area contributed by atoms with Crippen LogP contribution < -0.4 is 15.5 Å². The van der Waals surface area contributed by atoms with Crippen LogP contribution in [0.2, 0.25) is 0 Å². The van der Waals surface area contributed by atoms with Crippen LogP contribution in [0.4, 0.5) is 17.3 Å². The molecular formula is C20H31N5O2. The van der Waals surface area contributed by atoms with Crippen LogP contribution in [-0.4, -0.2) is 46.7 Å². The zero-order valence-electron chi connectivity index (χ0n) is 16.6. The van der Waals surface area contributed by atoms with Crippen molar-refractivity contribution in [2.45, 2.75) is 58.9 Å². The molecule has 1 aromatic heterocycles. The molecule has 7 heteroatoms. The van der Waals surface area contributed by atoms with Crippen LogP contribution >= 0.6 is 0 Å². The average molecular weight is 374 g/mol. The number of fused-ring (bicyclic) bond motifs is 2. The Labute approximate surface area is 161 Å². The Kier molecular flexibility index (Phi) is 4.24. The van der Waals surface area contributed by atoms with Crippen molar-refractivity contribution in [1.29, 1.82) is 0 Å². The highest BCUT2D eigenvalue weighted by Crippen LogP contribution is 2.54. The number of anilines is 3. The van der Waals surface area contributed by atoms with Crippen molar-refractivity contribution in [2.24, 2.45) is 16.7 Å². The maximum absolute atomic E-state index is 11.2. The number of nitrogens with two attached hydrogens (primary N) is 1. The molecule has 0 amide bonds. The minimum Gasteiger partial charge on any atom is -0.481 e. The van der Waals surface area contributed by atoms with Gasteiger partial charge in [0.25, 0.3) is 0 Å². The van der Waals surface area contributed by atoms with Crippen molar-refractivity contribution < 1.29 is 9.90 Å². The lowest BCUT2D eigenvalue weighted by atomic mass is 9.65. The summed E-state index contributed by atoms with van der Waals surface area (Å²) in [7, 11) is 0. The molecule has 2 saturated heterocycles. The molecule has 0 aromatic carbocycles. The Morgan fingerprint density at radius 3 is 2.52 bits per heavy atom. The molecule has 1 saturated carbocycles. The van der Waals surface area contributed by atoms with Crippen molar-refractivity contribution in [3.63, 3.8) is 0 Å². The number of carboxylic acid groups (broad SMARTS) is 1. The summed E-state index contributed by atoms with van der Waals surface area (Å²) in [6.45, 7) is 9.45. The van der Waals surface area contributed by atoms with Gasteiger partial charge in [-0.25, -0.2) is 9.97 Å². The third-order valence-electron chi connectivity index (χ3n) is 6.67. The maximum atomic E-state index is 11.2. The molecule has 3 fully saturated rings. The minimum absolute atomic E-state index is 0.260. The number of hydrogen-bond acceptors (Lipinski definition) is 6. The second kappa shape index (κ2) is 6.24. The quantitative estimate of drug-likeness (QED) is 0.841. The highest BCUT2D eigenvalue weighted by atomic mass is 16.4. The summed E-state index contributed by atoms with van der Waals surface area (Å²) in [6, 6.07) is 0.474. The van der Waals surface area contributed by atoms with E-state index < -0.39 is 5.97 Å². The first-order valence-corrected chi connectivity index (χ1v) is 10.0. The number of carbonyl (C=O) groups is 1. The molecule has 2 bridgehead atoms. The zero-order valence-corrected chi connectivity index (χ0v) is 16.6. The molecule has 2 aliphatic heterocycles. The fourth-order valence-corrected chi connectivity index (χ4v) is 5.90. The second-order valence-electron chi connectivity index (χ2n) is 9.88. The van der Waals surface area contributed by atoms with E-state index in [0.29, 0.717) is 48.5 Å². The molecule has 3 aliphatic rings. The first-order chi connectivity index (χ1) is 12.7. The van der Waals surface area contributed by atoms with Gasteiger partial charge in [0.1, 0.15) is 12.0 Å². The van der Waals surface area contributed by atoms with Crippen LogP contribution in [0.1, 0.15) is 52.9 Å². The van der Waals surface area contributed by atoms with Gasteiger partial charge in [0, 0.05) is 25.7 Å². The van der Waals surface area contributed by atoms with Gasteiger partial charge in [0.15, 0.2) is 11.6 Å². The van der Waals surface area contributed by atoms with Gasteiger partial charge in [-0.15, -0.1) is 0 Å². The number of hydrogen-bond donors (Lipinski definition) is 2. The van der Waals surface area contributed by atoms with Crippen LogP contribution in [0.5, 0.6) is 0 Å². The van der Waals surface area contributed by atoms with Gasteiger partial charge >= 0.3 is 5.97 Å². The van der Waals surface area contributed by atoms with E-state index in [0.717, 1.165) is 24.6 Å². The lowest BCUT2D eigenvalue weighted by Gasteiger charge is -2.39. The van der Waals surface area contributed by atoms with Crippen LogP contribution in [0.3, 0.4) is 0 Å². The fraction of sp³-hybridized carbons (Fsp3) is 0.750. The Morgan fingerprint density at radius 2 is 1.85 bits per heavy atom. The molecular weight excluding hydrogens is 342 g/mol. The summed E-state index contributed by atoms with van der Waals surface area (Å²) in [5.41, 5.74) is 7.85. The van der Waals surface area contributed by atoms with E-state index in [2.05, 4.69) is 40.5 Å². The normalized spacial score (nSPS) is 30.6. The van der Waals surface area contributed by atoms with Gasteiger partial charge < -0.3 is 20.6 Å². The Morgan fingerprint density at radius 1 is 1.19 bits per heavy atom. The smallest absolute Gasteiger partial charge is 0.306 e. The zero-order chi connectivity index (χ0) is 19.4. The number of piperidine rings is 1. The average Bonchev–Trinajstić information content (AvgIpc) is 2.84. The van der Waals surface area contributed by atoms with Gasteiger partial charge in [-0.05, 0) is 42.9 Å². The number of carboxylic acids is 1. The molecule has 1 aliphatic carbocycles. The standard InChI is InChI=1S/C20H31N5O2/c1-19(2)8-14-9-20(3,10-19)11-25(14)17-15(21)16(22-12-23-17)24-6-4-13(5-7-24)18(26)27/h12-14H,4-11,21H2,1-3H3,(H,26,27). The van der Waals surface area contributed by atoms with E-state index in [1.165, 1.54) is 12.8 Å². The predicted octanol–water partition coefficient (Wildman–Crippen LogP) is 2.76. The second-order valence-corrected chi connectivity index (χ2v) is 9.88. The Hall–Kier alpha value is -2.05. The maximum Gasteiger partial charge on any atom is 0.306 e. The number of rotatable bonds is 3. The van der Waals surface area contributed by atoms with E-state index in [1.807, 2.05) is 0 Å². The highest BCUT2D eigenvalue weighted by molar-refractivity contribution is 5.77. The number of nitrogens with zero attached hydrogens (tertiary/aromatic N) is 4. The largest absolute Gasteiger partial charge is 0.481 e. The van der Waals surface area contributed by atoms with E-state index in [-0.39, 0.29) is 5.92 Å². The number of nitrogen functional groups attached to an aromatic ring is 1. The van der Waals surface area contributed by atoms with Crippen molar-refractivity contribution in [1.82, 2.24) is 9.97 Å². The first-order valence-electron chi connectivity index (χ1n) is 10.0. The van der Waals surface area contributed by atoms with Gasteiger partial charge in [-0.1, -0.05) is 20.8 Å². The Balaban J connectivity index is 1.58. The molecule has 0 spiro atoms. The summed E-state index contributed by atoms with van der Waals surface area (Å²) in [5, 5.41) is 9.22. The molecule has 4 rings (SSSR count). The Bertz CT molecular complexity index is 744. The number of aliphatic carboxylic acids is 1. The van der Waals surface area contributed by atoms with E-state index >= 15 is 0 Å². The molecule has 2 atom stereocenters. The molecule has 148 valence electrons. The highest BCUT2D eigenvalue weighted by Gasteiger charge is 2.50. The van der Waals surface area contributed by atoms with Crippen LogP contribution in [-0.2, 0) is 4.79 Å². The van der Waals surface area contributed by atoms with E-state index in [1.54, 1.807) is 6.33 Å². The first kappa shape index (κ1) is 18.3. The van der Waals surface area contributed by atoms with Crippen molar-refractivity contribution in [3.8, 4) is 0 Å². The molecule has 7 nitrogen and oxygen atoms in total. The van der Waals surface area contributed by atoms with Gasteiger partial charge in [-0.3, -0.25) is 4.79 Å². The summed E-state index contributed by atoms with van der Waals surface area (Å²) < 4.78 is 0. The molecule has 3 N–H and O–H groups in total. The minimum atomic E-state index is -0.703. The van der Waals surface area contributed by atoms with Crippen LogP contribution in [0.15, 0.2) is 6.33 Å². The molecule has 0 radical (unpaired) electrons. The topological polar surface area (TPSA) is 95.6 Å². The predicted molar refractivity (Wildman–Crippen MR) is 106 cm³/mol. The summed E-state index contributed by atoms with van der Waals surface area (Å²) in [5.74, 6) is 0.650. The van der Waals surface area contributed by atoms with Gasteiger partial charge in [0.05, 0.1) is 5.92 Å². The monoisotopic (exact) mass is 373 g/mol. The van der Waals surface area contributed by atoms with Gasteiger partial charge in [-0.2, -0.15) is 0 Å². The molecule has 27 heavy (non-hydrogen) atoms. The SMILES string of the molecule is CC1(C)CC2CC(C)(CN2c2ncnc(N3CCC(C(=O)O)CC3)c2N)C1. The van der Waals surface area contributed by atoms with E-state index in [4.69, 9.17) is 5.73 Å². The van der Waals surface area contributed by atoms with Crippen LogP contribution in [0.25, 0.3) is 0 Å². The third-order valence-corrected chi connectivity index (χ3v) is 6.67. The third kappa shape index (κ3) is 3.32. The van der Waals surface area contributed by atoms with Crippen molar-refractivity contribution in [2.75, 3.05) is 35.2 Å². The summed E-state index contributed by atoms with van der Waals surface area (Å²) in [6.07, 6.45) is 6.46. The summed E-state index contributed by atoms with van der Waals surface area (Å²) in [4.78, 5) is 24.7. The van der Waals surface area contributed by atoms with Gasteiger partial charge in [0.2, 0.25) is 0 Å². The molecule has 2 unspecified atom stereocenters. The van der Waals surface area contributed by atoms with Crippen molar-refractivity contribution in [3.05, 3.63) is 6.33 Å². The van der Waals surface area contributed by atoms with E-state index in [9.17, 15) is 9.90 Å². The van der Waals surface area contributed by atoms with Crippen LogP contribution in [0, 0.1) is 16.7 Å². The molecule has 3 heterocycles. The lowest BCUT2D eigenvalue weighted by Crippen LogP contribution is -2.38. The number of aromatic nitrogens is 2. The molecule has 1 aromatic rings. The van der Waals surface area contributed by atoms with Crippen molar-refractivity contribution >= 4 is 23.3 Å². The fourth-order valence-electron chi connectivity index (χ4n) is 5.90. The lowest BCUT2D eigenvalue weighted by molar-refractivity contribution is -0.142.